The van der Waals surface area contributed by atoms with Crippen molar-refractivity contribution in [3.8, 4) is 0 Å². The SMILES string of the molecule is CC(C)(C)OC(=O)N[C@H](C(=O)O)[C@H]1CC[C@H](C)CC1. The fraction of sp³-hybridized carbons (Fsp3) is 0.857. The molecule has 0 aromatic rings. The van der Waals surface area contributed by atoms with Gasteiger partial charge < -0.3 is 15.2 Å². The van der Waals surface area contributed by atoms with Crippen LogP contribution in [0.25, 0.3) is 0 Å². The molecule has 0 radical (unpaired) electrons. The number of nitrogens with one attached hydrogen (secondary N) is 1. The number of aliphatic carboxylic acids is 1. The molecule has 1 atom stereocenters. The van der Waals surface area contributed by atoms with E-state index in [-0.39, 0.29) is 5.92 Å². The lowest BCUT2D eigenvalue weighted by molar-refractivity contribution is -0.141. The zero-order valence-corrected chi connectivity index (χ0v) is 12.2. The Kier molecular flexibility index (Phi) is 5.20. The maximum atomic E-state index is 11.7. The third-order valence-electron chi connectivity index (χ3n) is 3.47. The lowest BCUT2D eigenvalue weighted by Crippen LogP contribution is -2.48. The molecule has 1 amide bonds. The van der Waals surface area contributed by atoms with Crippen LogP contribution in [0.3, 0.4) is 0 Å². The van der Waals surface area contributed by atoms with Gasteiger partial charge in [-0.25, -0.2) is 9.59 Å². The summed E-state index contributed by atoms with van der Waals surface area (Å²) in [6.07, 6.45) is 3.06. The van der Waals surface area contributed by atoms with Crippen LogP contribution >= 0.6 is 0 Å². The maximum absolute atomic E-state index is 11.7. The molecule has 0 aromatic heterocycles. The summed E-state index contributed by atoms with van der Waals surface area (Å²) in [7, 11) is 0. The second-order valence-corrected chi connectivity index (χ2v) is 6.48. The molecular formula is C14H25NO4. The van der Waals surface area contributed by atoms with Gasteiger partial charge in [0, 0.05) is 0 Å². The molecule has 0 saturated heterocycles. The number of rotatable bonds is 3. The first-order valence-corrected chi connectivity index (χ1v) is 6.91. The van der Waals surface area contributed by atoms with Crippen molar-refractivity contribution in [3.63, 3.8) is 0 Å². The Labute approximate surface area is 114 Å². The van der Waals surface area contributed by atoms with Crippen LogP contribution in [0.5, 0.6) is 0 Å². The molecule has 1 saturated carbocycles. The molecule has 1 aliphatic carbocycles. The fourth-order valence-electron chi connectivity index (χ4n) is 2.43. The number of carbonyl (C=O) groups is 2. The molecule has 0 spiro atoms. The van der Waals surface area contributed by atoms with E-state index in [0.29, 0.717) is 5.92 Å². The average Bonchev–Trinajstić information content (AvgIpc) is 2.24. The van der Waals surface area contributed by atoms with Crippen LogP contribution in [0.4, 0.5) is 4.79 Å². The van der Waals surface area contributed by atoms with Crippen molar-refractivity contribution >= 4 is 12.1 Å². The number of carboxylic acids is 1. The Morgan fingerprint density at radius 3 is 2.16 bits per heavy atom. The summed E-state index contributed by atoms with van der Waals surface area (Å²) < 4.78 is 5.12. The molecule has 2 N–H and O–H groups in total. The summed E-state index contributed by atoms with van der Waals surface area (Å²) in [5.74, 6) is -0.334. The van der Waals surface area contributed by atoms with Crippen molar-refractivity contribution < 1.29 is 19.4 Å². The van der Waals surface area contributed by atoms with Gasteiger partial charge in [-0.15, -0.1) is 0 Å². The average molecular weight is 271 g/mol. The number of carbonyl (C=O) groups excluding carboxylic acids is 1. The van der Waals surface area contributed by atoms with Crippen LogP contribution in [0.2, 0.25) is 0 Å². The van der Waals surface area contributed by atoms with Gasteiger partial charge in [0.2, 0.25) is 0 Å². The first-order chi connectivity index (χ1) is 8.69. The van der Waals surface area contributed by atoms with E-state index in [4.69, 9.17) is 4.74 Å². The number of hydrogen-bond donors (Lipinski definition) is 2. The van der Waals surface area contributed by atoms with Crippen molar-refractivity contribution in [2.24, 2.45) is 11.8 Å². The number of alkyl carbamates (subject to hydrolysis) is 1. The van der Waals surface area contributed by atoms with Crippen LogP contribution in [0.15, 0.2) is 0 Å². The van der Waals surface area contributed by atoms with E-state index in [2.05, 4.69) is 12.2 Å². The van der Waals surface area contributed by atoms with E-state index in [1.807, 2.05) is 0 Å². The Hall–Kier alpha value is -1.26. The van der Waals surface area contributed by atoms with Crippen molar-refractivity contribution in [1.82, 2.24) is 5.32 Å². The van der Waals surface area contributed by atoms with Gasteiger partial charge in [-0.3, -0.25) is 0 Å². The monoisotopic (exact) mass is 271 g/mol. The molecule has 5 heteroatoms. The molecule has 1 rings (SSSR count). The summed E-state index contributed by atoms with van der Waals surface area (Å²) in [5, 5.41) is 11.8. The van der Waals surface area contributed by atoms with Crippen LogP contribution in [-0.2, 0) is 9.53 Å². The van der Waals surface area contributed by atoms with Gasteiger partial charge in [-0.1, -0.05) is 19.8 Å². The molecular weight excluding hydrogens is 246 g/mol. The molecule has 0 bridgehead atoms. The second-order valence-electron chi connectivity index (χ2n) is 6.48. The summed E-state index contributed by atoms with van der Waals surface area (Å²) in [5.41, 5.74) is -0.617. The summed E-state index contributed by atoms with van der Waals surface area (Å²) in [6, 6.07) is -0.845. The Balaban J connectivity index is 2.58. The summed E-state index contributed by atoms with van der Waals surface area (Å²) in [4.78, 5) is 23.0. The predicted octanol–water partition coefficient (Wildman–Crippen LogP) is 2.79. The van der Waals surface area contributed by atoms with Crippen molar-refractivity contribution in [3.05, 3.63) is 0 Å². The Morgan fingerprint density at radius 2 is 1.74 bits per heavy atom. The highest BCUT2D eigenvalue weighted by molar-refractivity contribution is 5.80. The van der Waals surface area contributed by atoms with Gasteiger partial charge in [0.25, 0.3) is 0 Å². The number of hydrogen-bond acceptors (Lipinski definition) is 3. The Morgan fingerprint density at radius 1 is 1.21 bits per heavy atom. The topological polar surface area (TPSA) is 75.6 Å². The van der Waals surface area contributed by atoms with Gasteiger partial charge in [-0.2, -0.15) is 0 Å². The van der Waals surface area contributed by atoms with E-state index < -0.39 is 23.7 Å². The normalized spacial score (nSPS) is 25.5. The third-order valence-corrected chi connectivity index (χ3v) is 3.47. The minimum atomic E-state index is -0.981. The van der Waals surface area contributed by atoms with Crippen LogP contribution in [-0.4, -0.2) is 28.8 Å². The number of carboxylic acid groups (broad SMARTS) is 1. The van der Waals surface area contributed by atoms with Gasteiger partial charge in [0.1, 0.15) is 11.6 Å². The quantitative estimate of drug-likeness (QED) is 0.827. The van der Waals surface area contributed by atoms with E-state index in [9.17, 15) is 14.7 Å². The number of ether oxygens (including phenoxy) is 1. The summed E-state index contributed by atoms with van der Waals surface area (Å²) >= 11 is 0. The van der Waals surface area contributed by atoms with E-state index in [0.717, 1.165) is 25.7 Å². The predicted molar refractivity (Wildman–Crippen MR) is 71.9 cm³/mol. The van der Waals surface area contributed by atoms with E-state index in [1.165, 1.54) is 0 Å². The molecule has 110 valence electrons. The molecule has 19 heavy (non-hydrogen) atoms. The molecule has 0 heterocycles. The van der Waals surface area contributed by atoms with Crippen molar-refractivity contribution in [2.75, 3.05) is 0 Å². The fourth-order valence-corrected chi connectivity index (χ4v) is 2.43. The van der Waals surface area contributed by atoms with Crippen LogP contribution in [0.1, 0.15) is 53.4 Å². The zero-order valence-electron chi connectivity index (χ0n) is 12.2. The molecule has 1 aliphatic rings. The van der Waals surface area contributed by atoms with Crippen molar-refractivity contribution in [2.45, 2.75) is 65.0 Å². The summed E-state index contributed by atoms with van der Waals surface area (Å²) in [6.45, 7) is 7.44. The zero-order chi connectivity index (χ0) is 14.6. The highest BCUT2D eigenvalue weighted by atomic mass is 16.6. The lowest BCUT2D eigenvalue weighted by atomic mass is 9.79. The second kappa shape index (κ2) is 6.26. The highest BCUT2D eigenvalue weighted by Crippen LogP contribution is 2.30. The molecule has 5 nitrogen and oxygen atoms in total. The third kappa shape index (κ3) is 5.49. The molecule has 0 aromatic carbocycles. The minimum absolute atomic E-state index is 0.00113. The smallest absolute Gasteiger partial charge is 0.408 e. The lowest BCUT2D eigenvalue weighted by Gasteiger charge is -2.31. The van der Waals surface area contributed by atoms with Gasteiger partial charge >= 0.3 is 12.1 Å². The molecule has 0 aliphatic heterocycles. The van der Waals surface area contributed by atoms with Crippen LogP contribution in [0, 0.1) is 11.8 Å². The van der Waals surface area contributed by atoms with Gasteiger partial charge in [0.05, 0.1) is 0 Å². The van der Waals surface area contributed by atoms with E-state index >= 15 is 0 Å². The number of amides is 1. The largest absolute Gasteiger partial charge is 0.480 e. The van der Waals surface area contributed by atoms with Crippen molar-refractivity contribution in [1.29, 1.82) is 0 Å². The first-order valence-electron chi connectivity index (χ1n) is 6.91. The molecule has 0 unspecified atom stereocenters. The highest BCUT2D eigenvalue weighted by Gasteiger charge is 2.33. The minimum Gasteiger partial charge on any atom is -0.480 e. The Bertz CT molecular complexity index is 327. The van der Waals surface area contributed by atoms with E-state index in [1.54, 1.807) is 20.8 Å². The van der Waals surface area contributed by atoms with Crippen LogP contribution < -0.4 is 5.32 Å². The van der Waals surface area contributed by atoms with Gasteiger partial charge in [-0.05, 0) is 45.4 Å². The standard InChI is InChI=1S/C14H25NO4/c1-9-5-7-10(8-6-9)11(12(16)17)15-13(18)19-14(2,3)4/h9-11H,5-8H2,1-4H3,(H,15,18)(H,16,17)/t9-,10-,11-/m0/s1. The molecule has 1 fully saturated rings. The maximum Gasteiger partial charge on any atom is 0.408 e. The van der Waals surface area contributed by atoms with Gasteiger partial charge in [0.15, 0.2) is 0 Å². The first kappa shape index (κ1) is 15.8.